The first-order chi connectivity index (χ1) is 13.0. The van der Waals surface area contributed by atoms with Crippen molar-refractivity contribution in [2.75, 3.05) is 0 Å². The van der Waals surface area contributed by atoms with E-state index in [1.54, 1.807) is 19.3 Å². The standard InChI is InChI=1S/C27H48/c1-6-9-20(4)18-23-13-15-26-24(21(23)5)16-17-25-22(12-14-27(25)26)11-8-7-10-19(2)3/h13,19-22,24-27H,6-12,14-18H2,1-5H3/t20?,21-,22?,24?,25?,26?,27?/m1/s1. The molecule has 3 aliphatic carbocycles. The van der Waals surface area contributed by atoms with E-state index in [1.807, 2.05) is 5.57 Å². The van der Waals surface area contributed by atoms with Gasteiger partial charge in [-0.05, 0) is 85.9 Å². The third-order valence-corrected chi connectivity index (χ3v) is 8.81. The summed E-state index contributed by atoms with van der Waals surface area (Å²) in [7, 11) is 0. The predicted molar refractivity (Wildman–Crippen MR) is 120 cm³/mol. The van der Waals surface area contributed by atoms with Gasteiger partial charge in [0.1, 0.15) is 0 Å². The predicted octanol–water partition coefficient (Wildman–Crippen LogP) is 8.66. The van der Waals surface area contributed by atoms with Crippen LogP contribution in [0, 0.1) is 47.3 Å². The average molecular weight is 373 g/mol. The molecule has 2 saturated carbocycles. The van der Waals surface area contributed by atoms with Crippen molar-refractivity contribution >= 4 is 0 Å². The summed E-state index contributed by atoms with van der Waals surface area (Å²) in [5.74, 6) is 7.94. The van der Waals surface area contributed by atoms with E-state index in [4.69, 9.17) is 0 Å². The van der Waals surface area contributed by atoms with Gasteiger partial charge >= 0.3 is 0 Å². The van der Waals surface area contributed by atoms with Gasteiger partial charge < -0.3 is 0 Å². The zero-order valence-electron chi connectivity index (χ0n) is 19.2. The molecule has 0 radical (unpaired) electrons. The Hall–Kier alpha value is -0.260. The van der Waals surface area contributed by atoms with E-state index in [1.165, 1.54) is 57.8 Å². The molecule has 3 aliphatic rings. The molecule has 156 valence electrons. The molecule has 0 aromatic rings. The molecule has 0 nitrogen and oxygen atoms in total. The van der Waals surface area contributed by atoms with E-state index in [2.05, 4.69) is 40.7 Å². The molecule has 6 unspecified atom stereocenters. The van der Waals surface area contributed by atoms with Crippen LogP contribution in [0.25, 0.3) is 0 Å². The highest BCUT2D eigenvalue weighted by Gasteiger charge is 2.47. The van der Waals surface area contributed by atoms with Crippen molar-refractivity contribution in [3.63, 3.8) is 0 Å². The van der Waals surface area contributed by atoms with E-state index in [9.17, 15) is 0 Å². The summed E-state index contributed by atoms with van der Waals surface area (Å²) < 4.78 is 0. The van der Waals surface area contributed by atoms with Crippen LogP contribution >= 0.6 is 0 Å². The van der Waals surface area contributed by atoms with E-state index in [0.717, 1.165) is 47.3 Å². The Balaban J connectivity index is 1.54. The molecule has 3 rings (SSSR count). The lowest BCUT2D eigenvalue weighted by molar-refractivity contribution is 0.0601. The van der Waals surface area contributed by atoms with Gasteiger partial charge in [0.05, 0.1) is 0 Å². The summed E-state index contributed by atoms with van der Waals surface area (Å²) in [5, 5.41) is 0. The minimum atomic E-state index is 0.870. The monoisotopic (exact) mass is 372 g/mol. The maximum absolute atomic E-state index is 2.72. The Morgan fingerprint density at radius 1 is 0.889 bits per heavy atom. The Morgan fingerprint density at radius 3 is 2.37 bits per heavy atom. The van der Waals surface area contributed by atoms with Gasteiger partial charge in [-0.1, -0.05) is 84.8 Å². The topological polar surface area (TPSA) is 0 Å². The molecule has 0 aliphatic heterocycles. The van der Waals surface area contributed by atoms with Crippen molar-refractivity contribution in [3.8, 4) is 0 Å². The molecule has 27 heavy (non-hydrogen) atoms. The largest absolute Gasteiger partial charge is 0.0847 e. The Labute approximate surface area is 171 Å². The first-order valence-corrected chi connectivity index (χ1v) is 12.7. The number of hydrogen-bond acceptors (Lipinski definition) is 0. The van der Waals surface area contributed by atoms with Gasteiger partial charge in [0.2, 0.25) is 0 Å². The Kier molecular flexibility index (Phi) is 7.92. The fraction of sp³-hybridized carbons (Fsp3) is 0.926. The second kappa shape index (κ2) is 9.98. The summed E-state index contributed by atoms with van der Waals surface area (Å²) >= 11 is 0. The maximum atomic E-state index is 2.72. The van der Waals surface area contributed by atoms with Crippen LogP contribution in [0.15, 0.2) is 11.6 Å². The van der Waals surface area contributed by atoms with Gasteiger partial charge in [0.15, 0.2) is 0 Å². The molecule has 0 heterocycles. The lowest BCUT2D eigenvalue weighted by Gasteiger charge is -2.47. The molecule has 0 amide bonds. The summed E-state index contributed by atoms with van der Waals surface area (Å²) in [5.41, 5.74) is 1.83. The molecule has 2 fully saturated rings. The maximum Gasteiger partial charge on any atom is -0.0200 e. The molecular weight excluding hydrogens is 324 g/mol. The number of hydrogen-bond donors (Lipinski definition) is 0. The second-order valence-electron chi connectivity index (χ2n) is 11.1. The zero-order chi connectivity index (χ0) is 19.4. The minimum Gasteiger partial charge on any atom is -0.0847 e. The van der Waals surface area contributed by atoms with Crippen molar-refractivity contribution < 1.29 is 0 Å². The highest BCUT2D eigenvalue weighted by atomic mass is 14.5. The SMILES string of the molecule is CCCC(C)CC1=CCC2C3CCC(CCCCC(C)C)C3CCC2[C@@H]1C. The third-order valence-electron chi connectivity index (χ3n) is 8.81. The number of allylic oxidation sites excluding steroid dienone is 2. The smallest absolute Gasteiger partial charge is 0.0200 e. The number of rotatable bonds is 9. The first kappa shape index (κ1) is 21.4. The van der Waals surface area contributed by atoms with Crippen molar-refractivity contribution in [2.24, 2.45) is 47.3 Å². The van der Waals surface area contributed by atoms with E-state index < -0.39 is 0 Å². The molecule has 0 N–H and O–H groups in total. The molecule has 0 aromatic heterocycles. The first-order valence-electron chi connectivity index (χ1n) is 12.7. The molecule has 0 saturated heterocycles. The molecule has 0 spiro atoms. The Morgan fingerprint density at radius 2 is 1.63 bits per heavy atom. The van der Waals surface area contributed by atoms with Gasteiger partial charge in [-0.2, -0.15) is 0 Å². The van der Waals surface area contributed by atoms with E-state index in [-0.39, 0.29) is 0 Å². The van der Waals surface area contributed by atoms with Crippen molar-refractivity contribution in [2.45, 2.75) is 112 Å². The van der Waals surface area contributed by atoms with Crippen LogP contribution in [0.3, 0.4) is 0 Å². The average Bonchev–Trinajstić information content (AvgIpc) is 3.04. The fourth-order valence-corrected chi connectivity index (χ4v) is 7.38. The summed E-state index contributed by atoms with van der Waals surface area (Å²) in [6.45, 7) is 12.1. The summed E-state index contributed by atoms with van der Waals surface area (Å²) in [6.07, 6.45) is 20.4. The van der Waals surface area contributed by atoms with Gasteiger partial charge in [0.25, 0.3) is 0 Å². The molecule has 7 atom stereocenters. The van der Waals surface area contributed by atoms with Gasteiger partial charge in [-0.25, -0.2) is 0 Å². The van der Waals surface area contributed by atoms with Gasteiger partial charge in [0, 0.05) is 0 Å². The van der Waals surface area contributed by atoms with E-state index >= 15 is 0 Å². The lowest BCUT2D eigenvalue weighted by Crippen LogP contribution is -2.39. The van der Waals surface area contributed by atoms with Crippen LogP contribution in [0.2, 0.25) is 0 Å². The van der Waals surface area contributed by atoms with Crippen LogP contribution < -0.4 is 0 Å². The number of unbranched alkanes of at least 4 members (excludes halogenated alkanes) is 1. The molecule has 0 heteroatoms. The van der Waals surface area contributed by atoms with Crippen molar-refractivity contribution in [3.05, 3.63) is 11.6 Å². The van der Waals surface area contributed by atoms with Crippen LogP contribution in [0.4, 0.5) is 0 Å². The van der Waals surface area contributed by atoms with Crippen LogP contribution in [-0.2, 0) is 0 Å². The quantitative estimate of drug-likeness (QED) is 0.280. The second-order valence-corrected chi connectivity index (χ2v) is 11.1. The number of fused-ring (bicyclic) bond motifs is 3. The fourth-order valence-electron chi connectivity index (χ4n) is 7.38. The van der Waals surface area contributed by atoms with Crippen molar-refractivity contribution in [1.29, 1.82) is 0 Å². The Bertz CT molecular complexity index is 472. The third kappa shape index (κ3) is 5.22. The van der Waals surface area contributed by atoms with Crippen LogP contribution in [-0.4, -0.2) is 0 Å². The normalized spacial score (nSPS) is 37.0. The highest BCUT2D eigenvalue weighted by molar-refractivity contribution is 5.16. The van der Waals surface area contributed by atoms with Crippen LogP contribution in [0.5, 0.6) is 0 Å². The van der Waals surface area contributed by atoms with E-state index in [0.29, 0.717) is 0 Å². The summed E-state index contributed by atoms with van der Waals surface area (Å²) in [6, 6.07) is 0. The minimum absolute atomic E-state index is 0.870. The van der Waals surface area contributed by atoms with Crippen molar-refractivity contribution in [1.82, 2.24) is 0 Å². The van der Waals surface area contributed by atoms with Gasteiger partial charge in [-0.15, -0.1) is 0 Å². The highest BCUT2D eigenvalue weighted by Crippen LogP contribution is 2.57. The summed E-state index contributed by atoms with van der Waals surface area (Å²) in [4.78, 5) is 0. The van der Waals surface area contributed by atoms with Gasteiger partial charge in [-0.3, -0.25) is 0 Å². The van der Waals surface area contributed by atoms with Crippen LogP contribution in [0.1, 0.15) is 112 Å². The lowest BCUT2D eigenvalue weighted by atomic mass is 9.58. The molecular formula is C27H48. The molecule has 0 aromatic carbocycles. The molecule has 0 bridgehead atoms. The zero-order valence-corrected chi connectivity index (χ0v) is 19.2.